The molecule has 4 aromatic rings. The van der Waals surface area contributed by atoms with Crippen molar-refractivity contribution < 1.29 is 14.3 Å². The number of aromatic nitrogens is 3. The van der Waals surface area contributed by atoms with Gasteiger partial charge in [0.05, 0.1) is 12.7 Å². The normalized spacial score (nSPS) is 14.3. The standard InChI is InChI=1S/C31H33N5O3S/c1-5-17-40-31-34-30-32-21(3)27(29(37)33-24-9-7-6-8-10-24)28(36(30)35-31)23-15-16-25(26(18-23)38-4)39-19-22-13-11-20(2)12-14-22/h6-16,18,28H,5,17,19H2,1-4H3,(H,33,37)(H,32,34,35). The lowest BCUT2D eigenvalue weighted by Crippen LogP contribution is -2.31. The highest BCUT2D eigenvalue weighted by Gasteiger charge is 2.35. The van der Waals surface area contributed by atoms with Crippen LogP contribution < -0.4 is 20.1 Å². The van der Waals surface area contributed by atoms with Gasteiger partial charge in [-0.3, -0.25) is 4.79 Å². The molecule has 0 aliphatic carbocycles. The van der Waals surface area contributed by atoms with Gasteiger partial charge in [0.25, 0.3) is 5.91 Å². The van der Waals surface area contributed by atoms with Gasteiger partial charge in [-0.2, -0.15) is 4.98 Å². The molecule has 0 bridgehead atoms. The third-order valence-electron chi connectivity index (χ3n) is 6.56. The van der Waals surface area contributed by atoms with Crippen LogP contribution in [0.5, 0.6) is 11.5 Å². The minimum absolute atomic E-state index is 0.219. The van der Waals surface area contributed by atoms with Crippen molar-refractivity contribution in [2.45, 2.75) is 45.0 Å². The number of methoxy groups -OCH3 is 1. The van der Waals surface area contributed by atoms with Gasteiger partial charge < -0.3 is 20.1 Å². The number of hydrogen-bond acceptors (Lipinski definition) is 7. The van der Waals surface area contributed by atoms with E-state index in [2.05, 4.69) is 48.7 Å². The zero-order chi connectivity index (χ0) is 28.1. The number of para-hydroxylation sites is 1. The molecule has 0 saturated carbocycles. The predicted molar refractivity (Wildman–Crippen MR) is 159 cm³/mol. The number of nitrogens with zero attached hydrogens (tertiary/aromatic N) is 3. The van der Waals surface area contributed by atoms with E-state index in [9.17, 15) is 4.79 Å². The van der Waals surface area contributed by atoms with Gasteiger partial charge >= 0.3 is 0 Å². The lowest BCUT2D eigenvalue weighted by atomic mass is 9.94. The molecule has 2 N–H and O–H groups in total. The summed E-state index contributed by atoms with van der Waals surface area (Å²) >= 11 is 1.59. The number of nitrogens with one attached hydrogen (secondary N) is 2. The molecule has 40 heavy (non-hydrogen) atoms. The predicted octanol–water partition coefficient (Wildman–Crippen LogP) is 6.60. The maximum Gasteiger partial charge on any atom is 0.255 e. The van der Waals surface area contributed by atoms with Crippen LogP contribution in [0, 0.1) is 6.92 Å². The van der Waals surface area contributed by atoms with Crippen molar-refractivity contribution >= 4 is 29.3 Å². The van der Waals surface area contributed by atoms with Gasteiger partial charge in [0.1, 0.15) is 12.6 Å². The smallest absolute Gasteiger partial charge is 0.255 e. The highest BCUT2D eigenvalue weighted by Crippen LogP contribution is 2.40. The van der Waals surface area contributed by atoms with Crippen LogP contribution >= 0.6 is 11.8 Å². The molecule has 0 fully saturated rings. The number of rotatable bonds is 10. The second kappa shape index (κ2) is 12.3. The first-order valence-corrected chi connectivity index (χ1v) is 14.2. The second-order valence-electron chi connectivity index (χ2n) is 9.58. The molecule has 5 rings (SSSR count). The first-order valence-electron chi connectivity index (χ1n) is 13.3. The van der Waals surface area contributed by atoms with Crippen LogP contribution in [-0.4, -0.2) is 33.5 Å². The van der Waals surface area contributed by atoms with E-state index in [1.807, 2.05) is 55.5 Å². The Morgan fingerprint density at radius 2 is 1.82 bits per heavy atom. The molecule has 0 spiro atoms. The number of fused-ring (bicyclic) bond motifs is 1. The topological polar surface area (TPSA) is 90.3 Å². The van der Waals surface area contributed by atoms with E-state index in [4.69, 9.17) is 19.6 Å². The molecule has 1 atom stereocenters. The maximum atomic E-state index is 13.7. The third-order valence-corrected chi connectivity index (χ3v) is 7.61. The minimum Gasteiger partial charge on any atom is -0.493 e. The molecule has 1 aliphatic rings. The molecule has 1 aromatic heterocycles. The quantitative estimate of drug-likeness (QED) is 0.213. The van der Waals surface area contributed by atoms with Crippen molar-refractivity contribution in [1.82, 2.24) is 14.8 Å². The molecule has 1 amide bonds. The molecule has 206 valence electrons. The Morgan fingerprint density at radius 3 is 2.55 bits per heavy atom. The summed E-state index contributed by atoms with van der Waals surface area (Å²) < 4.78 is 13.6. The fourth-order valence-electron chi connectivity index (χ4n) is 4.53. The van der Waals surface area contributed by atoms with Crippen molar-refractivity contribution in [3.8, 4) is 11.5 Å². The number of benzene rings is 3. The van der Waals surface area contributed by atoms with Crippen LogP contribution in [0.2, 0.25) is 0 Å². The van der Waals surface area contributed by atoms with Gasteiger partial charge in [0, 0.05) is 17.1 Å². The highest BCUT2D eigenvalue weighted by atomic mass is 32.2. The second-order valence-corrected chi connectivity index (χ2v) is 10.6. The Balaban J connectivity index is 1.50. The Hall–Kier alpha value is -4.24. The summed E-state index contributed by atoms with van der Waals surface area (Å²) in [7, 11) is 1.62. The molecule has 0 radical (unpaired) electrons. The Labute approximate surface area is 238 Å². The molecule has 1 unspecified atom stereocenters. The number of aryl methyl sites for hydroxylation is 1. The number of carbonyl (C=O) groups excluding carboxylic acids is 1. The number of carbonyl (C=O) groups is 1. The molecule has 8 nitrogen and oxygen atoms in total. The van der Waals surface area contributed by atoms with E-state index in [1.165, 1.54) is 5.56 Å². The fourth-order valence-corrected chi connectivity index (χ4v) is 5.21. The number of allylic oxidation sites excluding steroid dienone is 1. The van der Waals surface area contributed by atoms with Crippen LogP contribution in [0.1, 0.15) is 43.0 Å². The third kappa shape index (κ3) is 5.99. The first kappa shape index (κ1) is 27.3. The maximum absolute atomic E-state index is 13.7. The van der Waals surface area contributed by atoms with Crippen LogP contribution in [0.3, 0.4) is 0 Å². The lowest BCUT2D eigenvalue weighted by molar-refractivity contribution is -0.113. The zero-order valence-electron chi connectivity index (χ0n) is 23.1. The van der Waals surface area contributed by atoms with E-state index < -0.39 is 6.04 Å². The van der Waals surface area contributed by atoms with Gasteiger partial charge in [-0.1, -0.05) is 72.8 Å². The van der Waals surface area contributed by atoms with Crippen molar-refractivity contribution in [2.24, 2.45) is 0 Å². The number of ether oxygens (including phenoxy) is 2. The van der Waals surface area contributed by atoms with E-state index >= 15 is 0 Å². The summed E-state index contributed by atoms with van der Waals surface area (Å²) in [6.07, 6.45) is 1.01. The van der Waals surface area contributed by atoms with Gasteiger partial charge in [-0.15, -0.1) is 5.10 Å². The van der Waals surface area contributed by atoms with Gasteiger partial charge in [-0.25, -0.2) is 4.68 Å². The number of hydrogen-bond donors (Lipinski definition) is 2. The van der Waals surface area contributed by atoms with Gasteiger partial charge in [-0.05, 0) is 55.7 Å². The fraction of sp³-hybridized carbons (Fsp3) is 0.258. The van der Waals surface area contributed by atoms with Crippen molar-refractivity contribution in [3.05, 3.63) is 101 Å². The van der Waals surface area contributed by atoms with E-state index in [1.54, 1.807) is 23.6 Å². The van der Waals surface area contributed by atoms with Gasteiger partial charge in [0.2, 0.25) is 11.1 Å². The monoisotopic (exact) mass is 555 g/mol. The van der Waals surface area contributed by atoms with Crippen molar-refractivity contribution in [2.75, 3.05) is 23.5 Å². The average molecular weight is 556 g/mol. The Morgan fingerprint density at radius 1 is 1.05 bits per heavy atom. The minimum atomic E-state index is -0.525. The highest BCUT2D eigenvalue weighted by molar-refractivity contribution is 7.99. The van der Waals surface area contributed by atoms with Crippen LogP contribution in [-0.2, 0) is 11.4 Å². The van der Waals surface area contributed by atoms with Crippen LogP contribution in [0.25, 0.3) is 0 Å². The summed E-state index contributed by atoms with van der Waals surface area (Å²) in [6, 6.07) is 22.9. The van der Waals surface area contributed by atoms with Crippen molar-refractivity contribution in [1.29, 1.82) is 0 Å². The Kier molecular flexibility index (Phi) is 8.40. The molecule has 3 aromatic carbocycles. The van der Waals surface area contributed by atoms with E-state index in [-0.39, 0.29) is 5.91 Å². The number of anilines is 2. The summed E-state index contributed by atoms with van der Waals surface area (Å²) in [4.78, 5) is 18.4. The SMILES string of the molecule is CCCSc1nc2n(n1)C(c1ccc(OCc3ccc(C)cc3)c(OC)c1)C(C(=O)Nc1ccccc1)=C(C)N2. The average Bonchev–Trinajstić information content (AvgIpc) is 3.37. The molecular weight excluding hydrogens is 522 g/mol. The van der Waals surface area contributed by atoms with E-state index in [0.29, 0.717) is 46.2 Å². The largest absolute Gasteiger partial charge is 0.493 e. The van der Waals surface area contributed by atoms with E-state index in [0.717, 1.165) is 23.3 Å². The summed E-state index contributed by atoms with van der Waals surface area (Å²) in [5, 5.41) is 11.8. The lowest BCUT2D eigenvalue weighted by Gasteiger charge is -2.29. The first-order chi connectivity index (χ1) is 19.5. The molecule has 1 aliphatic heterocycles. The molecular formula is C31H33N5O3S. The van der Waals surface area contributed by atoms with Crippen LogP contribution in [0.15, 0.2) is 89.2 Å². The summed E-state index contributed by atoms with van der Waals surface area (Å²) in [6.45, 7) is 6.48. The van der Waals surface area contributed by atoms with Gasteiger partial charge in [0.15, 0.2) is 11.5 Å². The summed E-state index contributed by atoms with van der Waals surface area (Å²) in [5.74, 6) is 2.48. The molecule has 2 heterocycles. The number of thioether (sulfide) groups is 1. The molecule has 0 saturated heterocycles. The Bertz CT molecular complexity index is 1520. The summed E-state index contributed by atoms with van der Waals surface area (Å²) in [5.41, 5.74) is 5.07. The zero-order valence-corrected chi connectivity index (χ0v) is 23.9. The number of amides is 1. The molecule has 9 heteroatoms. The van der Waals surface area contributed by atoms with Crippen LogP contribution in [0.4, 0.5) is 11.6 Å². The van der Waals surface area contributed by atoms with Crippen molar-refractivity contribution in [3.63, 3.8) is 0 Å².